The standard InChI is InChI=1S/C19H12Cl4O5S/c20-12-3-1-2-10(6-12)19(29(26,27)28,11-7-13(21)9-14(24)8-11)17-15(22)4-5-16(25)18(17)23/h1-9,24-25H,(H,26,27,28). The molecule has 0 heterocycles. The second-order valence-electron chi connectivity index (χ2n) is 6.12. The van der Waals surface area contributed by atoms with E-state index in [0.29, 0.717) is 0 Å². The van der Waals surface area contributed by atoms with Crippen molar-refractivity contribution in [3.63, 3.8) is 0 Å². The van der Waals surface area contributed by atoms with Gasteiger partial charge >= 0.3 is 0 Å². The highest BCUT2D eigenvalue weighted by Gasteiger charge is 2.51. The third-order valence-electron chi connectivity index (χ3n) is 4.33. The van der Waals surface area contributed by atoms with Crippen molar-refractivity contribution in [1.29, 1.82) is 0 Å². The van der Waals surface area contributed by atoms with Gasteiger partial charge in [-0.15, -0.1) is 0 Å². The third kappa shape index (κ3) is 3.77. The molecule has 0 aliphatic heterocycles. The predicted octanol–water partition coefficient (Wildman–Crippen LogP) is 5.89. The normalized spacial score (nSPS) is 13.8. The van der Waals surface area contributed by atoms with Crippen molar-refractivity contribution in [2.75, 3.05) is 0 Å². The van der Waals surface area contributed by atoms with Gasteiger partial charge in [0.25, 0.3) is 10.1 Å². The fourth-order valence-electron chi connectivity index (χ4n) is 3.23. The van der Waals surface area contributed by atoms with Crippen molar-refractivity contribution in [1.82, 2.24) is 0 Å². The first kappa shape index (κ1) is 22.0. The Labute approximate surface area is 186 Å². The maximum atomic E-state index is 13.0. The van der Waals surface area contributed by atoms with Gasteiger partial charge in [0.15, 0.2) is 4.75 Å². The second-order valence-corrected chi connectivity index (χ2v) is 9.34. The smallest absolute Gasteiger partial charge is 0.283 e. The van der Waals surface area contributed by atoms with Crippen LogP contribution in [0.1, 0.15) is 16.7 Å². The van der Waals surface area contributed by atoms with E-state index < -0.39 is 25.6 Å². The molecule has 10 heteroatoms. The summed E-state index contributed by atoms with van der Waals surface area (Å²) in [5, 5.41) is 19.8. The Morgan fingerprint density at radius 2 is 1.45 bits per heavy atom. The summed E-state index contributed by atoms with van der Waals surface area (Å²) in [6.07, 6.45) is 0. The Kier molecular flexibility index (Phi) is 5.98. The molecule has 0 fully saturated rings. The van der Waals surface area contributed by atoms with E-state index in [1.165, 1.54) is 48.5 Å². The topological polar surface area (TPSA) is 94.8 Å². The lowest BCUT2D eigenvalue weighted by Gasteiger charge is -2.34. The Bertz CT molecular complexity index is 1190. The number of halogens is 4. The van der Waals surface area contributed by atoms with E-state index in [9.17, 15) is 23.2 Å². The highest BCUT2D eigenvalue weighted by molar-refractivity contribution is 7.87. The van der Waals surface area contributed by atoms with Crippen LogP contribution in [0.2, 0.25) is 20.1 Å². The lowest BCUT2D eigenvalue weighted by molar-refractivity contribution is 0.455. The van der Waals surface area contributed by atoms with Gasteiger partial charge in [-0.05, 0) is 53.6 Å². The van der Waals surface area contributed by atoms with Gasteiger partial charge in [0.05, 0.1) is 5.02 Å². The van der Waals surface area contributed by atoms with Gasteiger partial charge in [0.1, 0.15) is 11.5 Å². The largest absolute Gasteiger partial charge is 0.508 e. The van der Waals surface area contributed by atoms with E-state index >= 15 is 0 Å². The number of aromatic hydroxyl groups is 2. The summed E-state index contributed by atoms with van der Waals surface area (Å²) in [5.74, 6) is -0.831. The van der Waals surface area contributed by atoms with Gasteiger partial charge < -0.3 is 10.2 Å². The lowest BCUT2D eigenvalue weighted by atomic mass is 9.83. The molecular weight excluding hydrogens is 482 g/mol. The van der Waals surface area contributed by atoms with Crippen LogP contribution >= 0.6 is 46.4 Å². The van der Waals surface area contributed by atoms with Gasteiger partial charge in [-0.1, -0.05) is 58.5 Å². The fraction of sp³-hybridized carbons (Fsp3) is 0.0526. The summed E-state index contributed by atoms with van der Waals surface area (Å²) < 4.78 is 34.0. The van der Waals surface area contributed by atoms with Crippen LogP contribution < -0.4 is 0 Å². The molecule has 0 amide bonds. The van der Waals surface area contributed by atoms with E-state index in [0.717, 1.165) is 6.07 Å². The number of phenolic OH excluding ortho intramolecular Hbond substituents is 2. The maximum absolute atomic E-state index is 13.0. The molecule has 0 aromatic heterocycles. The van der Waals surface area contributed by atoms with E-state index in [-0.39, 0.29) is 37.5 Å². The molecule has 0 spiro atoms. The number of hydrogen-bond donors (Lipinski definition) is 3. The van der Waals surface area contributed by atoms with Crippen molar-refractivity contribution in [3.8, 4) is 11.5 Å². The Morgan fingerprint density at radius 3 is 2.03 bits per heavy atom. The molecule has 1 unspecified atom stereocenters. The molecule has 1 atom stereocenters. The molecule has 3 aromatic rings. The van der Waals surface area contributed by atoms with Gasteiger partial charge in [0.2, 0.25) is 0 Å². The molecule has 3 rings (SSSR count). The minimum absolute atomic E-state index is 0.0116. The monoisotopic (exact) mass is 492 g/mol. The van der Waals surface area contributed by atoms with Crippen LogP contribution in [0, 0.1) is 0 Å². The predicted molar refractivity (Wildman–Crippen MR) is 114 cm³/mol. The zero-order valence-electron chi connectivity index (χ0n) is 14.3. The lowest BCUT2D eigenvalue weighted by Crippen LogP contribution is -2.39. The van der Waals surface area contributed by atoms with Crippen LogP contribution in [0.5, 0.6) is 11.5 Å². The van der Waals surface area contributed by atoms with Crippen LogP contribution in [0.4, 0.5) is 0 Å². The number of hydrogen-bond acceptors (Lipinski definition) is 4. The zero-order valence-corrected chi connectivity index (χ0v) is 18.1. The van der Waals surface area contributed by atoms with E-state index in [1.54, 1.807) is 0 Å². The zero-order chi connectivity index (χ0) is 21.6. The number of benzene rings is 3. The van der Waals surface area contributed by atoms with Crippen LogP contribution in [0.15, 0.2) is 54.6 Å². The summed E-state index contributed by atoms with van der Waals surface area (Å²) in [5.41, 5.74) is -0.530. The first-order valence-electron chi connectivity index (χ1n) is 7.89. The molecule has 3 aromatic carbocycles. The van der Waals surface area contributed by atoms with Gasteiger partial charge in [-0.2, -0.15) is 8.42 Å². The van der Waals surface area contributed by atoms with Crippen LogP contribution in [-0.2, 0) is 14.9 Å². The molecule has 5 nitrogen and oxygen atoms in total. The first-order valence-corrected chi connectivity index (χ1v) is 10.8. The maximum Gasteiger partial charge on any atom is 0.283 e. The average Bonchev–Trinajstić information content (AvgIpc) is 2.60. The van der Waals surface area contributed by atoms with Crippen molar-refractivity contribution in [2.24, 2.45) is 0 Å². The molecule has 0 radical (unpaired) electrons. The molecule has 0 aliphatic carbocycles. The molecule has 152 valence electrons. The Hall–Kier alpha value is -1.67. The van der Waals surface area contributed by atoms with Gasteiger partial charge in [0, 0.05) is 20.6 Å². The summed E-state index contributed by atoms with van der Waals surface area (Å²) in [4.78, 5) is 0. The Morgan fingerprint density at radius 1 is 0.793 bits per heavy atom. The van der Waals surface area contributed by atoms with Crippen LogP contribution in [0.25, 0.3) is 0 Å². The quantitative estimate of drug-likeness (QED) is 0.311. The average molecular weight is 494 g/mol. The minimum Gasteiger partial charge on any atom is -0.508 e. The SMILES string of the molecule is O=S(=O)(O)C(c1cccc(Cl)c1)(c1cc(O)cc(Cl)c1)c1c(Cl)ccc(O)c1Cl. The van der Waals surface area contributed by atoms with Crippen molar-refractivity contribution >= 4 is 56.5 Å². The summed E-state index contributed by atoms with van der Waals surface area (Å²) in [6.45, 7) is 0. The van der Waals surface area contributed by atoms with Crippen LogP contribution in [0.3, 0.4) is 0 Å². The molecule has 3 N–H and O–H groups in total. The summed E-state index contributed by atoms with van der Waals surface area (Å²) >= 11 is 24.7. The van der Waals surface area contributed by atoms with Gasteiger partial charge in [-0.25, -0.2) is 0 Å². The summed E-state index contributed by atoms with van der Waals surface area (Å²) in [6, 6.07) is 11.6. The van der Waals surface area contributed by atoms with Gasteiger partial charge in [-0.3, -0.25) is 4.55 Å². The molecule has 29 heavy (non-hydrogen) atoms. The van der Waals surface area contributed by atoms with Crippen molar-refractivity contribution < 1.29 is 23.2 Å². The van der Waals surface area contributed by atoms with Crippen LogP contribution in [-0.4, -0.2) is 23.2 Å². The first-order chi connectivity index (χ1) is 13.5. The molecule has 0 saturated heterocycles. The highest BCUT2D eigenvalue weighted by atomic mass is 35.5. The second kappa shape index (κ2) is 7.87. The molecule has 0 bridgehead atoms. The third-order valence-corrected chi connectivity index (χ3v) is 6.93. The summed E-state index contributed by atoms with van der Waals surface area (Å²) in [7, 11) is -5.11. The minimum atomic E-state index is -5.11. The van der Waals surface area contributed by atoms with E-state index in [4.69, 9.17) is 46.4 Å². The van der Waals surface area contributed by atoms with Crippen molar-refractivity contribution in [2.45, 2.75) is 4.75 Å². The van der Waals surface area contributed by atoms with E-state index in [1.807, 2.05) is 0 Å². The Balaban J connectivity index is 2.65. The molecular formula is C19H12Cl4O5S. The van der Waals surface area contributed by atoms with Crippen molar-refractivity contribution in [3.05, 3.63) is 91.4 Å². The number of phenols is 2. The molecule has 0 saturated carbocycles. The van der Waals surface area contributed by atoms with E-state index in [2.05, 4.69) is 0 Å². The highest BCUT2D eigenvalue weighted by Crippen LogP contribution is 2.52. The number of rotatable bonds is 4. The molecule has 0 aliphatic rings. The fourth-order valence-corrected chi connectivity index (χ4v) is 5.73.